The summed E-state index contributed by atoms with van der Waals surface area (Å²) in [7, 11) is 0. The first-order valence-corrected chi connectivity index (χ1v) is 5.69. The molecule has 0 bridgehead atoms. The van der Waals surface area contributed by atoms with Crippen molar-refractivity contribution >= 4 is 11.4 Å². The molecule has 0 spiro atoms. The number of nitro benzene ring substituents is 1. The number of hydrogen-bond donors (Lipinski definition) is 1. The molecule has 0 atom stereocenters. The second-order valence-corrected chi connectivity index (χ2v) is 4.13. The summed E-state index contributed by atoms with van der Waals surface area (Å²) < 4.78 is 52.7. The quantitative estimate of drug-likeness (QED) is 0.531. The molecule has 8 heteroatoms. The van der Waals surface area contributed by atoms with Crippen LogP contribution in [0.15, 0.2) is 30.3 Å². The molecule has 21 heavy (non-hydrogen) atoms. The standard InChI is InChI=1S/C13H8F4N2O2/c14-8-2-1-7(9(15)3-8)6-18-12-5-13(19(20)21)11(17)4-10(12)16/h1-5,18H,6H2. The Kier molecular flexibility index (Phi) is 4.06. The Labute approximate surface area is 116 Å². The maximum atomic E-state index is 13.5. The fourth-order valence-corrected chi connectivity index (χ4v) is 1.67. The van der Waals surface area contributed by atoms with Gasteiger partial charge in [0.25, 0.3) is 0 Å². The number of nitro groups is 1. The normalized spacial score (nSPS) is 10.5. The number of hydrogen-bond acceptors (Lipinski definition) is 3. The highest BCUT2D eigenvalue weighted by atomic mass is 19.1. The van der Waals surface area contributed by atoms with Crippen molar-refractivity contribution in [3.05, 3.63) is 69.3 Å². The van der Waals surface area contributed by atoms with Gasteiger partial charge in [-0.3, -0.25) is 10.1 Å². The Morgan fingerprint density at radius 2 is 1.71 bits per heavy atom. The van der Waals surface area contributed by atoms with Crippen molar-refractivity contribution in [2.24, 2.45) is 0 Å². The van der Waals surface area contributed by atoms with Crippen LogP contribution >= 0.6 is 0 Å². The lowest BCUT2D eigenvalue weighted by atomic mass is 10.2. The first-order valence-electron chi connectivity index (χ1n) is 5.69. The molecule has 4 nitrogen and oxygen atoms in total. The van der Waals surface area contributed by atoms with Gasteiger partial charge in [-0.25, -0.2) is 13.2 Å². The average molecular weight is 300 g/mol. The van der Waals surface area contributed by atoms with Crippen LogP contribution in [0.4, 0.5) is 28.9 Å². The highest BCUT2D eigenvalue weighted by molar-refractivity contribution is 5.53. The summed E-state index contributed by atoms with van der Waals surface area (Å²) in [5.41, 5.74) is -1.23. The Hall–Kier alpha value is -2.64. The number of nitrogens with one attached hydrogen (secondary N) is 1. The molecule has 2 rings (SSSR count). The van der Waals surface area contributed by atoms with Gasteiger partial charge in [0, 0.05) is 30.3 Å². The number of rotatable bonds is 4. The van der Waals surface area contributed by atoms with Crippen LogP contribution in [-0.4, -0.2) is 4.92 Å². The molecule has 0 heterocycles. The van der Waals surface area contributed by atoms with Crippen LogP contribution in [0.1, 0.15) is 5.56 Å². The Morgan fingerprint density at radius 3 is 2.33 bits per heavy atom. The monoisotopic (exact) mass is 300 g/mol. The molecule has 0 aliphatic carbocycles. The number of benzene rings is 2. The summed E-state index contributed by atoms with van der Waals surface area (Å²) in [5, 5.41) is 13.0. The minimum atomic E-state index is -1.31. The van der Waals surface area contributed by atoms with Crippen molar-refractivity contribution in [3.8, 4) is 0 Å². The van der Waals surface area contributed by atoms with Crippen LogP contribution in [-0.2, 0) is 6.54 Å². The summed E-state index contributed by atoms with van der Waals surface area (Å²) >= 11 is 0. The Balaban J connectivity index is 2.23. The van der Waals surface area contributed by atoms with Crippen LogP contribution in [0.5, 0.6) is 0 Å². The fraction of sp³-hybridized carbons (Fsp3) is 0.0769. The van der Waals surface area contributed by atoms with Crippen molar-refractivity contribution in [2.45, 2.75) is 6.54 Å². The van der Waals surface area contributed by atoms with Gasteiger partial charge in [0.2, 0.25) is 5.82 Å². The van der Waals surface area contributed by atoms with Gasteiger partial charge in [0.05, 0.1) is 10.6 Å². The molecule has 110 valence electrons. The highest BCUT2D eigenvalue weighted by Gasteiger charge is 2.18. The summed E-state index contributed by atoms with van der Waals surface area (Å²) in [6.45, 7) is -0.244. The van der Waals surface area contributed by atoms with Crippen molar-refractivity contribution in [1.29, 1.82) is 0 Å². The number of halogens is 4. The number of nitrogens with zero attached hydrogens (tertiary/aromatic N) is 1. The molecule has 0 aromatic heterocycles. The van der Waals surface area contributed by atoms with Crippen LogP contribution < -0.4 is 5.32 Å². The molecule has 0 aliphatic rings. The van der Waals surface area contributed by atoms with Crippen molar-refractivity contribution in [1.82, 2.24) is 0 Å². The highest BCUT2D eigenvalue weighted by Crippen LogP contribution is 2.25. The molecule has 0 fully saturated rings. The van der Waals surface area contributed by atoms with E-state index in [9.17, 15) is 27.7 Å². The van der Waals surface area contributed by atoms with Crippen LogP contribution in [0, 0.1) is 33.4 Å². The zero-order valence-electron chi connectivity index (χ0n) is 10.4. The molecule has 0 saturated carbocycles. The molecule has 0 amide bonds. The summed E-state index contributed by atoms with van der Waals surface area (Å²) in [4.78, 5) is 9.56. The second kappa shape index (κ2) is 5.78. The van der Waals surface area contributed by atoms with Gasteiger partial charge >= 0.3 is 5.69 Å². The van der Waals surface area contributed by atoms with Gasteiger partial charge in [-0.05, 0) is 6.07 Å². The number of anilines is 1. The second-order valence-electron chi connectivity index (χ2n) is 4.13. The van der Waals surface area contributed by atoms with E-state index in [1.165, 1.54) is 0 Å². The van der Waals surface area contributed by atoms with Gasteiger partial charge in [-0.1, -0.05) is 6.07 Å². The minimum Gasteiger partial charge on any atom is -0.378 e. The first kappa shape index (κ1) is 14.8. The SMILES string of the molecule is O=[N+]([O-])c1cc(NCc2ccc(F)cc2F)c(F)cc1F. The predicted molar refractivity (Wildman–Crippen MR) is 66.7 cm³/mol. The van der Waals surface area contributed by atoms with E-state index in [-0.39, 0.29) is 17.8 Å². The van der Waals surface area contributed by atoms with E-state index in [2.05, 4.69) is 5.32 Å². The first-order chi connectivity index (χ1) is 9.88. The maximum absolute atomic E-state index is 13.5. The lowest BCUT2D eigenvalue weighted by Crippen LogP contribution is -2.05. The average Bonchev–Trinajstić information content (AvgIpc) is 2.39. The Bertz CT molecular complexity index is 707. The van der Waals surface area contributed by atoms with E-state index in [1.54, 1.807) is 0 Å². The van der Waals surface area contributed by atoms with Crippen molar-refractivity contribution in [2.75, 3.05) is 5.32 Å². The lowest BCUT2D eigenvalue weighted by Gasteiger charge is -2.09. The maximum Gasteiger partial charge on any atom is 0.307 e. The molecular formula is C13H8F4N2O2. The van der Waals surface area contributed by atoms with Gasteiger partial charge in [0.1, 0.15) is 17.5 Å². The molecule has 0 aliphatic heterocycles. The topological polar surface area (TPSA) is 55.2 Å². The summed E-state index contributed by atoms with van der Waals surface area (Å²) in [5.74, 6) is -3.98. The predicted octanol–water partition coefficient (Wildman–Crippen LogP) is 3.76. The minimum absolute atomic E-state index is 0.0304. The molecule has 1 N–H and O–H groups in total. The largest absolute Gasteiger partial charge is 0.378 e. The third kappa shape index (κ3) is 3.28. The Morgan fingerprint density at radius 1 is 1.00 bits per heavy atom. The molecule has 0 unspecified atom stereocenters. The van der Waals surface area contributed by atoms with E-state index in [0.29, 0.717) is 18.2 Å². The molecule has 2 aromatic rings. The van der Waals surface area contributed by atoms with Gasteiger partial charge in [0.15, 0.2) is 0 Å². The molecule has 0 radical (unpaired) electrons. The lowest BCUT2D eigenvalue weighted by molar-refractivity contribution is -0.387. The van der Waals surface area contributed by atoms with E-state index in [0.717, 1.165) is 12.1 Å². The van der Waals surface area contributed by atoms with Gasteiger partial charge in [-0.2, -0.15) is 4.39 Å². The van der Waals surface area contributed by atoms with E-state index >= 15 is 0 Å². The van der Waals surface area contributed by atoms with Crippen molar-refractivity contribution < 1.29 is 22.5 Å². The van der Waals surface area contributed by atoms with E-state index < -0.39 is 33.9 Å². The molecule has 2 aromatic carbocycles. The van der Waals surface area contributed by atoms with Crippen LogP contribution in [0.2, 0.25) is 0 Å². The zero-order valence-corrected chi connectivity index (χ0v) is 10.4. The van der Waals surface area contributed by atoms with Crippen LogP contribution in [0.3, 0.4) is 0 Å². The third-order valence-corrected chi connectivity index (χ3v) is 2.72. The third-order valence-electron chi connectivity index (χ3n) is 2.72. The summed E-state index contributed by atoms with van der Waals surface area (Å²) in [6, 6.07) is 3.85. The van der Waals surface area contributed by atoms with E-state index in [4.69, 9.17) is 0 Å². The van der Waals surface area contributed by atoms with Gasteiger partial charge in [-0.15, -0.1) is 0 Å². The zero-order chi connectivity index (χ0) is 15.6. The smallest absolute Gasteiger partial charge is 0.307 e. The fourth-order valence-electron chi connectivity index (χ4n) is 1.67. The van der Waals surface area contributed by atoms with Crippen molar-refractivity contribution in [3.63, 3.8) is 0 Å². The molecule has 0 saturated heterocycles. The van der Waals surface area contributed by atoms with Crippen LogP contribution in [0.25, 0.3) is 0 Å². The summed E-state index contributed by atoms with van der Waals surface area (Å²) in [6.07, 6.45) is 0. The van der Waals surface area contributed by atoms with Gasteiger partial charge < -0.3 is 5.32 Å². The molecular weight excluding hydrogens is 292 g/mol. The van der Waals surface area contributed by atoms with E-state index in [1.807, 2.05) is 0 Å².